The Morgan fingerprint density at radius 3 is 2.24 bits per heavy atom. The van der Waals surface area contributed by atoms with Crippen LogP contribution in [-0.2, 0) is 4.79 Å². The Morgan fingerprint density at radius 2 is 1.59 bits per heavy atom. The average molecular weight is 516 g/mol. The van der Waals surface area contributed by atoms with Crippen molar-refractivity contribution >= 4 is 17.5 Å². The number of amides is 2. The van der Waals surface area contributed by atoms with Gasteiger partial charge in [-0.1, -0.05) is 24.3 Å². The highest BCUT2D eigenvalue weighted by Gasteiger charge is 2.46. The van der Waals surface area contributed by atoms with Crippen LogP contribution in [0.25, 0.3) is 0 Å². The van der Waals surface area contributed by atoms with Gasteiger partial charge in [-0.15, -0.1) is 13.2 Å². The Bertz CT molecular complexity index is 1120. The third-order valence-electron chi connectivity index (χ3n) is 8.14. The van der Waals surface area contributed by atoms with E-state index >= 15 is 0 Å². The molecule has 2 amide bonds. The summed E-state index contributed by atoms with van der Waals surface area (Å²) in [5, 5.41) is 2.65. The third-order valence-corrected chi connectivity index (χ3v) is 8.14. The second-order valence-corrected chi connectivity index (χ2v) is 10.4. The van der Waals surface area contributed by atoms with Crippen molar-refractivity contribution in [3.05, 3.63) is 59.7 Å². The number of nitrogens with one attached hydrogen (secondary N) is 1. The van der Waals surface area contributed by atoms with Crippen molar-refractivity contribution in [2.45, 2.75) is 62.8 Å². The van der Waals surface area contributed by atoms with E-state index in [1.807, 2.05) is 17.0 Å². The lowest BCUT2D eigenvalue weighted by Crippen LogP contribution is -2.46. The molecule has 37 heavy (non-hydrogen) atoms. The van der Waals surface area contributed by atoms with E-state index in [0.29, 0.717) is 18.0 Å². The number of carbonyl (C=O) groups is 2. The maximum Gasteiger partial charge on any atom is 0.573 e. The molecule has 0 aromatic heterocycles. The summed E-state index contributed by atoms with van der Waals surface area (Å²) < 4.78 is 42.0. The predicted molar refractivity (Wildman–Crippen MR) is 133 cm³/mol. The average Bonchev–Trinajstić information content (AvgIpc) is 3.44. The Balaban J connectivity index is 1.15. The molecule has 5 rings (SSSR count). The molecule has 3 aliphatic rings. The summed E-state index contributed by atoms with van der Waals surface area (Å²) in [4.78, 5) is 30.2. The van der Waals surface area contributed by atoms with E-state index in [9.17, 15) is 22.8 Å². The number of nitrogens with zero attached hydrogens (tertiary/aromatic N) is 2. The molecule has 0 atom stereocenters. The largest absolute Gasteiger partial charge is 0.573 e. The molecule has 0 aliphatic carbocycles. The number of anilines is 1. The molecular formula is C28H32F3N3O3. The second kappa shape index (κ2) is 10.4. The van der Waals surface area contributed by atoms with Gasteiger partial charge in [0.15, 0.2) is 0 Å². The minimum absolute atomic E-state index is 0.105. The molecule has 3 heterocycles. The lowest BCUT2D eigenvalue weighted by atomic mass is 9.87. The lowest BCUT2D eigenvalue weighted by molar-refractivity contribution is -0.274. The van der Waals surface area contributed by atoms with Crippen molar-refractivity contribution in [3.8, 4) is 5.75 Å². The fourth-order valence-corrected chi connectivity index (χ4v) is 6.27. The molecule has 1 N–H and O–H groups in total. The van der Waals surface area contributed by atoms with Gasteiger partial charge in [0.25, 0.3) is 5.91 Å². The van der Waals surface area contributed by atoms with Crippen LogP contribution in [-0.4, -0.2) is 59.7 Å². The molecule has 0 saturated carbocycles. The number of carbonyl (C=O) groups excluding carboxylic acids is 2. The zero-order valence-electron chi connectivity index (χ0n) is 20.7. The van der Waals surface area contributed by atoms with E-state index in [-0.39, 0.29) is 17.0 Å². The summed E-state index contributed by atoms with van der Waals surface area (Å²) in [5.41, 5.74) is 1.52. The molecule has 198 valence electrons. The monoisotopic (exact) mass is 515 g/mol. The van der Waals surface area contributed by atoms with Crippen molar-refractivity contribution in [1.82, 2.24) is 9.80 Å². The molecule has 3 aliphatic heterocycles. The number of rotatable bonds is 6. The van der Waals surface area contributed by atoms with Crippen LogP contribution >= 0.6 is 0 Å². The topological polar surface area (TPSA) is 61.9 Å². The van der Waals surface area contributed by atoms with Gasteiger partial charge >= 0.3 is 6.36 Å². The van der Waals surface area contributed by atoms with Gasteiger partial charge in [-0.05, 0) is 87.4 Å². The molecule has 9 heteroatoms. The van der Waals surface area contributed by atoms with Crippen LogP contribution in [0.4, 0.5) is 18.9 Å². The number of para-hydroxylation sites is 1. The van der Waals surface area contributed by atoms with Crippen LogP contribution in [0.2, 0.25) is 0 Å². The summed E-state index contributed by atoms with van der Waals surface area (Å²) in [6, 6.07) is 12.6. The smallest absolute Gasteiger partial charge is 0.405 e. The van der Waals surface area contributed by atoms with Crippen molar-refractivity contribution in [3.63, 3.8) is 0 Å². The first kappa shape index (κ1) is 25.6. The lowest BCUT2D eigenvalue weighted by Gasteiger charge is -2.37. The molecule has 6 nitrogen and oxygen atoms in total. The second-order valence-electron chi connectivity index (χ2n) is 10.4. The highest BCUT2D eigenvalue weighted by molar-refractivity contribution is 6.06. The van der Waals surface area contributed by atoms with Gasteiger partial charge in [0.2, 0.25) is 5.91 Å². The van der Waals surface area contributed by atoms with E-state index in [2.05, 4.69) is 15.0 Å². The highest BCUT2D eigenvalue weighted by Crippen LogP contribution is 2.42. The van der Waals surface area contributed by atoms with Crippen LogP contribution in [0.3, 0.4) is 0 Å². The van der Waals surface area contributed by atoms with E-state index in [1.165, 1.54) is 31.0 Å². The molecule has 3 saturated heterocycles. The summed E-state index contributed by atoms with van der Waals surface area (Å²) in [7, 11) is 0. The summed E-state index contributed by atoms with van der Waals surface area (Å²) >= 11 is 0. The molecular weight excluding hydrogens is 483 g/mol. The zero-order valence-corrected chi connectivity index (χ0v) is 20.7. The number of benzene rings is 2. The van der Waals surface area contributed by atoms with Crippen molar-refractivity contribution in [2.24, 2.45) is 0 Å². The fraction of sp³-hybridized carbons (Fsp3) is 0.500. The Hall–Kier alpha value is -3.07. The molecule has 0 radical (unpaired) electrons. The quantitative estimate of drug-likeness (QED) is 0.547. The number of fused-ring (bicyclic) bond motifs is 1. The molecule has 0 spiro atoms. The maximum absolute atomic E-state index is 13.1. The minimum Gasteiger partial charge on any atom is -0.405 e. The van der Waals surface area contributed by atoms with E-state index in [1.54, 1.807) is 12.1 Å². The van der Waals surface area contributed by atoms with Gasteiger partial charge in [-0.25, -0.2) is 0 Å². The SMILES string of the molecule is O=C(Nc1ccc(C2CCN(C(=O)CC34CCCN3CCC4)CC2)cc1)c1ccccc1OC(F)(F)F. The predicted octanol–water partition coefficient (Wildman–Crippen LogP) is 5.56. The minimum atomic E-state index is -4.88. The number of alkyl halides is 3. The number of ether oxygens (including phenoxy) is 1. The van der Waals surface area contributed by atoms with E-state index in [0.717, 1.165) is 63.5 Å². The Morgan fingerprint density at radius 1 is 0.946 bits per heavy atom. The molecule has 0 bridgehead atoms. The number of hydrogen-bond donors (Lipinski definition) is 1. The highest BCUT2D eigenvalue weighted by atomic mass is 19.4. The van der Waals surface area contributed by atoms with Crippen molar-refractivity contribution in [1.29, 1.82) is 0 Å². The van der Waals surface area contributed by atoms with Gasteiger partial charge in [0.05, 0.1) is 5.56 Å². The van der Waals surface area contributed by atoms with Gasteiger partial charge in [0, 0.05) is 30.7 Å². The van der Waals surface area contributed by atoms with Crippen LogP contribution in [0.1, 0.15) is 66.8 Å². The van der Waals surface area contributed by atoms with Crippen LogP contribution in [0.15, 0.2) is 48.5 Å². The van der Waals surface area contributed by atoms with Crippen LogP contribution in [0.5, 0.6) is 5.75 Å². The van der Waals surface area contributed by atoms with Gasteiger partial charge in [0.1, 0.15) is 5.75 Å². The first-order valence-corrected chi connectivity index (χ1v) is 13.0. The van der Waals surface area contributed by atoms with Gasteiger partial charge in [-0.2, -0.15) is 0 Å². The first-order chi connectivity index (χ1) is 17.7. The molecule has 0 unspecified atom stereocenters. The standard InChI is InChI=1S/C28H32F3N3O3/c29-28(30,31)37-24-6-2-1-5-23(24)26(36)32-22-9-7-20(8-10-22)21-11-17-33(18-12-21)25(35)19-27-13-3-15-34(27)16-4-14-27/h1-2,5-10,21H,3-4,11-19H2,(H,32,36). The summed E-state index contributed by atoms with van der Waals surface area (Å²) in [5.74, 6) is -0.622. The Kier molecular flexibility index (Phi) is 7.16. The van der Waals surface area contributed by atoms with E-state index < -0.39 is 18.0 Å². The van der Waals surface area contributed by atoms with Gasteiger partial charge < -0.3 is 15.0 Å². The molecule has 2 aromatic carbocycles. The number of hydrogen-bond acceptors (Lipinski definition) is 4. The third kappa shape index (κ3) is 5.76. The normalized spacial score (nSPS) is 20.0. The molecule has 3 fully saturated rings. The maximum atomic E-state index is 13.1. The van der Waals surface area contributed by atoms with E-state index in [4.69, 9.17) is 0 Å². The summed E-state index contributed by atoms with van der Waals surface area (Å²) in [6.45, 7) is 3.74. The van der Waals surface area contributed by atoms with Crippen molar-refractivity contribution < 1.29 is 27.5 Å². The molecule has 2 aromatic rings. The number of halogens is 3. The van der Waals surface area contributed by atoms with Crippen molar-refractivity contribution in [2.75, 3.05) is 31.5 Å². The van der Waals surface area contributed by atoms with Crippen LogP contribution < -0.4 is 10.1 Å². The number of likely N-dealkylation sites (tertiary alicyclic amines) is 1. The fourth-order valence-electron chi connectivity index (χ4n) is 6.27. The van der Waals surface area contributed by atoms with Crippen LogP contribution in [0, 0.1) is 0 Å². The zero-order chi connectivity index (χ0) is 26.0. The first-order valence-electron chi connectivity index (χ1n) is 13.0. The summed E-state index contributed by atoms with van der Waals surface area (Å²) in [6.07, 6.45) is 2.19. The van der Waals surface area contributed by atoms with Gasteiger partial charge in [-0.3, -0.25) is 14.5 Å². The Labute approximate surface area is 214 Å². The number of piperidine rings is 1.